The molecule has 0 saturated carbocycles. The van der Waals surface area contributed by atoms with Crippen LogP contribution in [0.25, 0.3) is 0 Å². The smallest absolute Gasteiger partial charge is 0.408 e. The monoisotopic (exact) mass is 329 g/mol. The number of amides is 1. The Bertz CT molecular complexity index is 553. The molecule has 122 valence electrons. The van der Waals surface area contributed by atoms with Crippen LogP contribution < -0.4 is 5.32 Å². The van der Waals surface area contributed by atoms with E-state index in [1.807, 2.05) is 0 Å². The minimum absolute atomic E-state index is 0.0554. The number of ether oxygens (including phenoxy) is 2. The van der Waals surface area contributed by atoms with Crippen molar-refractivity contribution in [3.63, 3.8) is 0 Å². The summed E-state index contributed by atoms with van der Waals surface area (Å²) in [4.78, 5) is 23.6. The number of esters is 1. The topological polar surface area (TPSA) is 84.9 Å². The SMILES string of the molecule is COC(=O)[C@@H](Cc1ccc(O)c(Cl)c1)NC(=O)OC(C)(C)C. The van der Waals surface area contributed by atoms with E-state index in [1.165, 1.54) is 19.2 Å². The Hall–Kier alpha value is -1.95. The van der Waals surface area contributed by atoms with Gasteiger partial charge in [0.15, 0.2) is 0 Å². The summed E-state index contributed by atoms with van der Waals surface area (Å²) in [5, 5.41) is 12.0. The Morgan fingerprint density at radius 1 is 1.36 bits per heavy atom. The van der Waals surface area contributed by atoms with Crippen LogP contribution in [0, 0.1) is 0 Å². The summed E-state index contributed by atoms with van der Waals surface area (Å²) in [5.74, 6) is -0.657. The van der Waals surface area contributed by atoms with Crippen molar-refractivity contribution in [1.29, 1.82) is 0 Å². The zero-order valence-corrected chi connectivity index (χ0v) is 13.7. The minimum Gasteiger partial charge on any atom is -0.506 e. The molecule has 0 spiro atoms. The molecule has 0 unspecified atom stereocenters. The number of alkyl carbamates (subject to hydrolysis) is 1. The highest BCUT2D eigenvalue weighted by atomic mass is 35.5. The third-order valence-electron chi connectivity index (χ3n) is 2.63. The summed E-state index contributed by atoms with van der Waals surface area (Å²) in [6, 6.07) is 3.62. The van der Waals surface area contributed by atoms with Gasteiger partial charge in [-0.1, -0.05) is 17.7 Å². The van der Waals surface area contributed by atoms with Gasteiger partial charge in [-0.15, -0.1) is 0 Å². The lowest BCUT2D eigenvalue weighted by molar-refractivity contribution is -0.143. The van der Waals surface area contributed by atoms with Crippen LogP contribution in [0.15, 0.2) is 18.2 Å². The molecular weight excluding hydrogens is 310 g/mol. The molecule has 22 heavy (non-hydrogen) atoms. The predicted octanol–water partition coefficient (Wildman–Crippen LogP) is 2.65. The first-order valence-corrected chi connectivity index (χ1v) is 7.05. The molecule has 0 fully saturated rings. The highest BCUT2D eigenvalue weighted by molar-refractivity contribution is 6.32. The van der Waals surface area contributed by atoms with Crippen LogP contribution in [0.4, 0.5) is 4.79 Å². The lowest BCUT2D eigenvalue weighted by atomic mass is 10.1. The molecule has 0 bridgehead atoms. The van der Waals surface area contributed by atoms with E-state index in [2.05, 4.69) is 10.1 Å². The van der Waals surface area contributed by atoms with Gasteiger partial charge >= 0.3 is 12.1 Å². The third-order valence-corrected chi connectivity index (χ3v) is 2.93. The van der Waals surface area contributed by atoms with E-state index in [1.54, 1.807) is 26.8 Å². The first-order valence-electron chi connectivity index (χ1n) is 6.67. The maximum atomic E-state index is 11.8. The van der Waals surface area contributed by atoms with Gasteiger partial charge in [0, 0.05) is 6.42 Å². The zero-order chi connectivity index (χ0) is 16.9. The van der Waals surface area contributed by atoms with E-state index in [0.717, 1.165) is 0 Å². The van der Waals surface area contributed by atoms with Crippen molar-refractivity contribution in [1.82, 2.24) is 5.32 Å². The Morgan fingerprint density at radius 2 is 2.00 bits per heavy atom. The molecule has 1 aromatic carbocycles. The molecule has 0 aliphatic carbocycles. The number of aromatic hydroxyl groups is 1. The number of carbonyl (C=O) groups excluding carboxylic acids is 2. The van der Waals surface area contributed by atoms with Gasteiger partial charge in [0.1, 0.15) is 17.4 Å². The Labute approximate surface area is 134 Å². The summed E-state index contributed by atoms with van der Waals surface area (Å²) in [5.41, 5.74) is -0.0127. The van der Waals surface area contributed by atoms with E-state index >= 15 is 0 Å². The standard InChI is InChI=1S/C15H20ClNO5/c1-15(2,3)22-14(20)17-11(13(19)21-4)8-9-5-6-12(18)10(16)7-9/h5-7,11,18H,8H2,1-4H3,(H,17,20)/t11-/m1/s1. The molecule has 7 heteroatoms. The van der Waals surface area contributed by atoms with Crippen LogP contribution >= 0.6 is 11.6 Å². The van der Waals surface area contributed by atoms with Gasteiger partial charge < -0.3 is 19.9 Å². The van der Waals surface area contributed by atoms with Gasteiger partial charge in [-0.25, -0.2) is 9.59 Å². The van der Waals surface area contributed by atoms with Crippen molar-refractivity contribution in [2.45, 2.75) is 38.8 Å². The minimum atomic E-state index is -0.916. The van der Waals surface area contributed by atoms with Crippen LogP contribution in [0.3, 0.4) is 0 Å². The largest absolute Gasteiger partial charge is 0.506 e. The van der Waals surface area contributed by atoms with Crippen molar-refractivity contribution in [2.24, 2.45) is 0 Å². The number of hydrogen-bond acceptors (Lipinski definition) is 5. The average Bonchev–Trinajstić information content (AvgIpc) is 2.39. The molecular formula is C15H20ClNO5. The van der Waals surface area contributed by atoms with Gasteiger partial charge in [0.05, 0.1) is 12.1 Å². The van der Waals surface area contributed by atoms with Crippen molar-refractivity contribution < 1.29 is 24.2 Å². The summed E-state index contributed by atoms with van der Waals surface area (Å²) in [7, 11) is 1.23. The lowest BCUT2D eigenvalue weighted by Gasteiger charge is -2.22. The Kier molecular flexibility index (Phi) is 6.05. The number of nitrogens with one attached hydrogen (secondary N) is 1. The van der Waals surface area contributed by atoms with E-state index in [9.17, 15) is 14.7 Å². The molecule has 0 aromatic heterocycles. The fraction of sp³-hybridized carbons (Fsp3) is 0.467. The van der Waals surface area contributed by atoms with E-state index in [-0.39, 0.29) is 17.2 Å². The number of carbonyl (C=O) groups is 2. The average molecular weight is 330 g/mol. The first kappa shape index (κ1) is 18.1. The van der Waals surface area contributed by atoms with Crippen LogP contribution in [0.2, 0.25) is 5.02 Å². The predicted molar refractivity (Wildman–Crippen MR) is 82.0 cm³/mol. The normalized spacial score (nSPS) is 12.4. The molecule has 0 saturated heterocycles. The molecule has 1 amide bonds. The van der Waals surface area contributed by atoms with E-state index in [0.29, 0.717) is 5.56 Å². The molecule has 1 aromatic rings. The molecule has 6 nitrogen and oxygen atoms in total. The molecule has 2 N–H and O–H groups in total. The molecule has 0 heterocycles. The zero-order valence-electron chi connectivity index (χ0n) is 13.0. The van der Waals surface area contributed by atoms with Crippen molar-refractivity contribution in [3.05, 3.63) is 28.8 Å². The quantitative estimate of drug-likeness (QED) is 0.829. The Morgan fingerprint density at radius 3 is 2.50 bits per heavy atom. The van der Waals surface area contributed by atoms with Crippen LogP contribution in [-0.2, 0) is 20.7 Å². The third kappa shape index (κ3) is 5.81. The number of rotatable bonds is 4. The van der Waals surface area contributed by atoms with Gasteiger partial charge in [0.2, 0.25) is 0 Å². The van der Waals surface area contributed by atoms with E-state index in [4.69, 9.17) is 16.3 Å². The van der Waals surface area contributed by atoms with Gasteiger partial charge in [0.25, 0.3) is 0 Å². The second kappa shape index (κ2) is 7.35. The number of methoxy groups -OCH3 is 1. The summed E-state index contributed by atoms with van der Waals surface area (Å²) in [6.07, 6.45) is -0.556. The summed E-state index contributed by atoms with van der Waals surface area (Å²) < 4.78 is 9.80. The number of halogens is 1. The molecule has 0 radical (unpaired) electrons. The van der Waals surface area contributed by atoms with Gasteiger partial charge in [-0.2, -0.15) is 0 Å². The summed E-state index contributed by atoms with van der Waals surface area (Å²) >= 11 is 5.83. The fourth-order valence-electron chi connectivity index (χ4n) is 1.70. The second-order valence-corrected chi connectivity index (χ2v) is 6.12. The van der Waals surface area contributed by atoms with Crippen LogP contribution in [0.5, 0.6) is 5.75 Å². The molecule has 0 aliphatic heterocycles. The Balaban J connectivity index is 2.82. The maximum absolute atomic E-state index is 11.8. The molecule has 1 rings (SSSR count). The van der Waals surface area contributed by atoms with Crippen LogP contribution in [0.1, 0.15) is 26.3 Å². The maximum Gasteiger partial charge on any atom is 0.408 e. The fourth-order valence-corrected chi connectivity index (χ4v) is 1.90. The van der Waals surface area contributed by atoms with E-state index < -0.39 is 23.7 Å². The van der Waals surface area contributed by atoms with Crippen LogP contribution in [-0.4, -0.2) is 35.9 Å². The molecule has 0 aliphatic rings. The highest BCUT2D eigenvalue weighted by Gasteiger charge is 2.25. The van der Waals surface area contributed by atoms with Crippen molar-refractivity contribution in [3.8, 4) is 5.75 Å². The number of phenols is 1. The van der Waals surface area contributed by atoms with Crippen molar-refractivity contribution >= 4 is 23.7 Å². The highest BCUT2D eigenvalue weighted by Crippen LogP contribution is 2.24. The lowest BCUT2D eigenvalue weighted by Crippen LogP contribution is -2.45. The number of phenolic OH excluding ortho intramolecular Hbond substituents is 1. The second-order valence-electron chi connectivity index (χ2n) is 5.71. The van der Waals surface area contributed by atoms with Gasteiger partial charge in [-0.3, -0.25) is 0 Å². The number of benzene rings is 1. The molecule has 1 atom stereocenters. The first-order chi connectivity index (χ1) is 10.1. The number of hydrogen-bond donors (Lipinski definition) is 2. The van der Waals surface area contributed by atoms with Crippen molar-refractivity contribution in [2.75, 3.05) is 7.11 Å². The summed E-state index contributed by atoms with van der Waals surface area (Å²) in [6.45, 7) is 5.17. The van der Waals surface area contributed by atoms with Gasteiger partial charge in [-0.05, 0) is 38.5 Å².